The normalized spacial score (nSPS) is 11.4. The van der Waals surface area contributed by atoms with Crippen molar-refractivity contribution in [3.8, 4) is 22.9 Å². The molecule has 0 aliphatic carbocycles. The number of hydrogen-bond donors (Lipinski definition) is 4. The molecule has 20 heavy (non-hydrogen) atoms. The number of phenols is 2. The molecule has 4 rings (SSSR count). The minimum Gasteiger partial charge on any atom is -0.508 e. The van der Waals surface area contributed by atoms with Gasteiger partial charge in [-0.05, 0) is 18.2 Å². The van der Waals surface area contributed by atoms with Gasteiger partial charge < -0.3 is 20.2 Å². The molecule has 4 aromatic rings. The van der Waals surface area contributed by atoms with E-state index in [1.165, 1.54) is 12.1 Å². The van der Waals surface area contributed by atoms with E-state index in [4.69, 9.17) is 0 Å². The van der Waals surface area contributed by atoms with E-state index in [1.807, 2.05) is 12.3 Å². The van der Waals surface area contributed by atoms with Crippen LogP contribution in [-0.2, 0) is 0 Å². The predicted molar refractivity (Wildman–Crippen MR) is 74.5 cm³/mol. The maximum absolute atomic E-state index is 9.90. The Morgan fingerprint density at radius 2 is 2.00 bits per heavy atom. The van der Waals surface area contributed by atoms with E-state index in [9.17, 15) is 10.2 Å². The first-order valence-electron chi connectivity index (χ1n) is 6.06. The van der Waals surface area contributed by atoms with E-state index in [2.05, 4.69) is 19.9 Å². The Bertz CT molecular complexity index is 939. The fourth-order valence-electron chi connectivity index (χ4n) is 2.33. The van der Waals surface area contributed by atoms with Gasteiger partial charge in [0.15, 0.2) is 0 Å². The molecule has 0 aliphatic heterocycles. The Labute approximate surface area is 112 Å². The largest absolute Gasteiger partial charge is 0.508 e. The fraction of sp³-hybridized carbons (Fsp3) is 0. The highest BCUT2D eigenvalue weighted by atomic mass is 16.3. The molecule has 3 aromatic heterocycles. The molecular formula is C14H10N4O2. The van der Waals surface area contributed by atoms with E-state index < -0.39 is 0 Å². The molecule has 6 nitrogen and oxygen atoms in total. The van der Waals surface area contributed by atoms with Crippen LogP contribution in [0.1, 0.15) is 0 Å². The zero-order valence-corrected chi connectivity index (χ0v) is 10.3. The lowest BCUT2D eigenvalue weighted by Crippen LogP contribution is -1.81. The van der Waals surface area contributed by atoms with Crippen LogP contribution in [0, 0.1) is 0 Å². The van der Waals surface area contributed by atoms with E-state index in [0.717, 1.165) is 22.1 Å². The number of nitrogens with one attached hydrogen (secondary N) is 2. The number of rotatable bonds is 1. The quantitative estimate of drug-likeness (QED) is 0.425. The van der Waals surface area contributed by atoms with Crippen LogP contribution in [0.25, 0.3) is 33.5 Å². The summed E-state index contributed by atoms with van der Waals surface area (Å²) in [5, 5.41) is 20.2. The van der Waals surface area contributed by atoms with Gasteiger partial charge in [-0.25, -0.2) is 9.97 Å². The van der Waals surface area contributed by atoms with Crippen LogP contribution in [-0.4, -0.2) is 30.1 Å². The number of benzene rings is 1. The van der Waals surface area contributed by atoms with Gasteiger partial charge >= 0.3 is 0 Å². The summed E-state index contributed by atoms with van der Waals surface area (Å²) >= 11 is 0. The van der Waals surface area contributed by atoms with Gasteiger partial charge in [0.2, 0.25) is 0 Å². The van der Waals surface area contributed by atoms with Gasteiger partial charge in [0, 0.05) is 17.6 Å². The maximum Gasteiger partial charge on any atom is 0.142 e. The molecule has 0 fully saturated rings. The molecule has 0 unspecified atom stereocenters. The van der Waals surface area contributed by atoms with E-state index in [0.29, 0.717) is 11.4 Å². The number of aromatic nitrogens is 4. The second-order valence-corrected chi connectivity index (χ2v) is 4.55. The smallest absolute Gasteiger partial charge is 0.142 e. The van der Waals surface area contributed by atoms with Crippen LogP contribution < -0.4 is 0 Å². The molecule has 3 heterocycles. The molecule has 6 heteroatoms. The highest BCUT2D eigenvalue weighted by Crippen LogP contribution is 2.32. The minimum absolute atomic E-state index is 0.0112. The molecule has 1 aromatic carbocycles. The number of imidazole rings is 1. The van der Waals surface area contributed by atoms with E-state index in [1.54, 1.807) is 12.3 Å². The van der Waals surface area contributed by atoms with Crippen molar-refractivity contribution in [2.24, 2.45) is 0 Å². The lowest BCUT2D eigenvalue weighted by atomic mass is 10.2. The molecule has 0 spiro atoms. The second kappa shape index (κ2) is 3.74. The van der Waals surface area contributed by atoms with Gasteiger partial charge in [0.1, 0.15) is 28.5 Å². The SMILES string of the molecule is Oc1ccc(-c2nc3cnc4[nH]ccc4c3[nH]2)c(O)c1. The fourth-order valence-corrected chi connectivity index (χ4v) is 2.33. The Balaban J connectivity index is 2.00. The van der Waals surface area contributed by atoms with Crippen molar-refractivity contribution in [1.29, 1.82) is 0 Å². The van der Waals surface area contributed by atoms with E-state index in [-0.39, 0.29) is 11.5 Å². The van der Waals surface area contributed by atoms with Gasteiger partial charge in [-0.2, -0.15) is 0 Å². The molecule has 0 atom stereocenters. The van der Waals surface area contributed by atoms with Crippen molar-refractivity contribution in [2.75, 3.05) is 0 Å². The molecule has 4 N–H and O–H groups in total. The Morgan fingerprint density at radius 1 is 1.10 bits per heavy atom. The van der Waals surface area contributed by atoms with Crippen molar-refractivity contribution < 1.29 is 10.2 Å². The number of nitrogens with zero attached hydrogens (tertiary/aromatic N) is 2. The highest BCUT2D eigenvalue weighted by Gasteiger charge is 2.12. The summed E-state index contributed by atoms with van der Waals surface area (Å²) in [6, 6.07) is 6.33. The van der Waals surface area contributed by atoms with Crippen LogP contribution >= 0.6 is 0 Å². The maximum atomic E-state index is 9.90. The Kier molecular flexibility index (Phi) is 2.03. The molecule has 0 amide bonds. The summed E-state index contributed by atoms with van der Waals surface area (Å²) in [5.74, 6) is 0.521. The van der Waals surface area contributed by atoms with Crippen molar-refractivity contribution in [2.45, 2.75) is 0 Å². The van der Waals surface area contributed by atoms with Crippen LogP contribution in [0.3, 0.4) is 0 Å². The van der Waals surface area contributed by atoms with Crippen molar-refractivity contribution in [1.82, 2.24) is 19.9 Å². The standard InChI is InChI=1S/C14H10N4O2/c19-7-1-2-8(11(20)5-7)14-17-10-6-16-13-9(3-4-15-13)12(10)18-14/h1-6,19-20H,(H,15,16)(H,17,18). The Morgan fingerprint density at radius 3 is 2.85 bits per heavy atom. The highest BCUT2D eigenvalue weighted by molar-refractivity contribution is 6.01. The average Bonchev–Trinajstić information content (AvgIpc) is 3.03. The lowest BCUT2D eigenvalue weighted by Gasteiger charge is -2.01. The topological polar surface area (TPSA) is 97.8 Å². The van der Waals surface area contributed by atoms with Crippen molar-refractivity contribution in [3.05, 3.63) is 36.7 Å². The van der Waals surface area contributed by atoms with E-state index >= 15 is 0 Å². The average molecular weight is 266 g/mol. The molecular weight excluding hydrogens is 256 g/mol. The van der Waals surface area contributed by atoms with Crippen LogP contribution in [0.15, 0.2) is 36.7 Å². The van der Waals surface area contributed by atoms with Gasteiger partial charge in [0.25, 0.3) is 0 Å². The predicted octanol–water partition coefficient (Wildman–Crippen LogP) is 2.52. The number of aromatic amines is 2. The third kappa shape index (κ3) is 1.45. The summed E-state index contributed by atoms with van der Waals surface area (Å²) < 4.78 is 0. The van der Waals surface area contributed by atoms with Crippen LogP contribution in [0.4, 0.5) is 0 Å². The first-order valence-corrected chi connectivity index (χ1v) is 6.06. The van der Waals surface area contributed by atoms with Crippen molar-refractivity contribution in [3.63, 3.8) is 0 Å². The number of fused-ring (bicyclic) bond motifs is 3. The third-order valence-electron chi connectivity index (χ3n) is 3.28. The third-order valence-corrected chi connectivity index (χ3v) is 3.28. The zero-order chi connectivity index (χ0) is 13.7. The number of hydrogen-bond acceptors (Lipinski definition) is 4. The molecule has 0 aliphatic rings. The number of pyridine rings is 1. The molecule has 0 radical (unpaired) electrons. The summed E-state index contributed by atoms with van der Waals surface area (Å²) in [4.78, 5) is 14.9. The molecule has 98 valence electrons. The van der Waals surface area contributed by atoms with Crippen LogP contribution in [0.5, 0.6) is 11.5 Å². The summed E-state index contributed by atoms with van der Waals surface area (Å²) in [5.41, 5.74) is 2.89. The lowest BCUT2D eigenvalue weighted by molar-refractivity contribution is 0.451. The van der Waals surface area contributed by atoms with Gasteiger partial charge in [-0.15, -0.1) is 0 Å². The minimum atomic E-state index is -0.0256. The summed E-state index contributed by atoms with van der Waals surface area (Å²) in [6.07, 6.45) is 3.49. The summed E-state index contributed by atoms with van der Waals surface area (Å²) in [7, 11) is 0. The summed E-state index contributed by atoms with van der Waals surface area (Å²) in [6.45, 7) is 0. The number of phenolic OH excluding ortho intramolecular Hbond substituents is 2. The number of aromatic hydroxyl groups is 2. The molecule has 0 saturated heterocycles. The first-order chi connectivity index (χ1) is 9.72. The zero-order valence-electron chi connectivity index (χ0n) is 10.3. The van der Waals surface area contributed by atoms with Crippen molar-refractivity contribution >= 4 is 22.1 Å². The second-order valence-electron chi connectivity index (χ2n) is 4.55. The Hall–Kier alpha value is -3.02. The molecule has 0 saturated carbocycles. The number of H-pyrrole nitrogens is 2. The molecule has 0 bridgehead atoms. The first kappa shape index (κ1) is 10.9. The van der Waals surface area contributed by atoms with Gasteiger partial charge in [0.05, 0.1) is 17.3 Å². The van der Waals surface area contributed by atoms with Gasteiger partial charge in [-0.3, -0.25) is 0 Å². The van der Waals surface area contributed by atoms with Crippen LogP contribution in [0.2, 0.25) is 0 Å². The van der Waals surface area contributed by atoms with Gasteiger partial charge in [-0.1, -0.05) is 0 Å². The monoisotopic (exact) mass is 266 g/mol.